The van der Waals surface area contributed by atoms with Crippen molar-refractivity contribution < 1.29 is 10.2 Å². The predicted molar refractivity (Wildman–Crippen MR) is 66.3 cm³/mol. The van der Waals surface area contributed by atoms with E-state index in [9.17, 15) is 10.2 Å². The standard InChI is InChI=1S/C12H16BrNO2/c13-10-2-3-11(15)9(6-10)7-14-8-12(16)4-1-5-12/h2-3,6,14-16H,1,4-5,7-8H2. The summed E-state index contributed by atoms with van der Waals surface area (Å²) in [5.41, 5.74) is 0.332. The van der Waals surface area contributed by atoms with E-state index < -0.39 is 5.60 Å². The summed E-state index contributed by atoms with van der Waals surface area (Å²) >= 11 is 3.36. The molecule has 0 spiro atoms. The number of phenols is 1. The fourth-order valence-electron chi connectivity index (χ4n) is 1.89. The third-order valence-corrected chi connectivity index (χ3v) is 3.59. The summed E-state index contributed by atoms with van der Waals surface area (Å²) in [5, 5.41) is 22.7. The average molecular weight is 286 g/mol. The van der Waals surface area contributed by atoms with Crippen LogP contribution in [0.4, 0.5) is 0 Å². The number of benzene rings is 1. The number of rotatable bonds is 4. The zero-order chi connectivity index (χ0) is 11.6. The van der Waals surface area contributed by atoms with Gasteiger partial charge in [0.05, 0.1) is 5.60 Å². The molecule has 88 valence electrons. The molecule has 0 radical (unpaired) electrons. The first-order valence-electron chi connectivity index (χ1n) is 5.50. The van der Waals surface area contributed by atoms with E-state index in [4.69, 9.17) is 0 Å². The first-order valence-corrected chi connectivity index (χ1v) is 6.29. The Morgan fingerprint density at radius 2 is 2.12 bits per heavy atom. The molecule has 0 unspecified atom stereocenters. The van der Waals surface area contributed by atoms with Crippen molar-refractivity contribution in [2.24, 2.45) is 0 Å². The number of hydrogen-bond acceptors (Lipinski definition) is 3. The van der Waals surface area contributed by atoms with Gasteiger partial charge < -0.3 is 15.5 Å². The van der Waals surface area contributed by atoms with Crippen LogP contribution in [0, 0.1) is 0 Å². The van der Waals surface area contributed by atoms with Crippen molar-refractivity contribution in [2.75, 3.05) is 6.54 Å². The molecule has 0 aromatic heterocycles. The van der Waals surface area contributed by atoms with E-state index in [2.05, 4.69) is 21.2 Å². The van der Waals surface area contributed by atoms with Gasteiger partial charge in [-0.25, -0.2) is 0 Å². The number of nitrogens with one attached hydrogen (secondary N) is 1. The van der Waals surface area contributed by atoms with Crippen molar-refractivity contribution in [1.29, 1.82) is 0 Å². The molecular weight excluding hydrogens is 270 g/mol. The van der Waals surface area contributed by atoms with E-state index >= 15 is 0 Å². The maximum atomic E-state index is 9.88. The Balaban J connectivity index is 1.87. The van der Waals surface area contributed by atoms with Crippen LogP contribution >= 0.6 is 15.9 Å². The summed E-state index contributed by atoms with van der Waals surface area (Å²) in [6.07, 6.45) is 2.87. The lowest BCUT2D eigenvalue weighted by Crippen LogP contribution is -2.45. The zero-order valence-corrected chi connectivity index (χ0v) is 10.6. The van der Waals surface area contributed by atoms with Gasteiger partial charge in [0.1, 0.15) is 5.75 Å². The predicted octanol–water partition coefficient (Wildman–Crippen LogP) is 2.16. The summed E-state index contributed by atoms with van der Waals surface area (Å²) in [5.74, 6) is 0.288. The average Bonchev–Trinajstić information content (AvgIpc) is 2.21. The first kappa shape index (κ1) is 11.9. The minimum Gasteiger partial charge on any atom is -0.508 e. The van der Waals surface area contributed by atoms with Gasteiger partial charge in [-0.2, -0.15) is 0 Å². The normalized spacial score (nSPS) is 18.1. The van der Waals surface area contributed by atoms with Crippen molar-refractivity contribution >= 4 is 15.9 Å². The molecule has 0 bridgehead atoms. The van der Waals surface area contributed by atoms with Gasteiger partial charge in [-0.05, 0) is 37.5 Å². The van der Waals surface area contributed by atoms with Gasteiger partial charge in [-0.15, -0.1) is 0 Å². The van der Waals surface area contributed by atoms with Gasteiger partial charge in [0.2, 0.25) is 0 Å². The molecule has 4 heteroatoms. The molecule has 2 rings (SSSR count). The maximum absolute atomic E-state index is 9.88. The molecular formula is C12H16BrNO2. The van der Waals surface area contributed by atoms with Crippen molar-refractivity contribution in [1.82, 2.24) is 5.32 Å². The SMILES string of the molecule is Oc1ccc(Br)cc1CNCC1(O)CCC1. The van der Waals surface area contributed by atoms with Crippen LogP contribution in [-0.4, -0.2) is 22.4 Å². The van der Waals surface area contributed by atoms with Gasteiger partial charge >= 0.3 is 0 Å². The van der Waals surface area contributed by atoms with Crippen molar-refractivity contribution in [3.05, 3.63) is 28.2 Å². The number of hydrogen-bond donors (Lipinski definition) is 3. The molecule has 1 aliphatic rings. The maximum Gasteiger partial charge on any atom is 0.120 e. The molecule has 3 nitrogen and oxygen atoms in total. The van der Waals surface area contributed by atoms with Crippen LogP contribution in [0.2, 0.25) is 0 Å². The van der Waals surface area contributed by atoms with Gasteiger partial charge in [-0.3, -0.25) is 0 Å². The van der Waals surface area contributed by atoms with Gasteiger partial charge in [-0.1, -0.05) is 15.9 Å². The van der Waals surface area contributed by atoms with E-state index in [1.165, 1.54) is 0 Å². The highest BCUT2D eigenvalue weighted by Gasteiger charge is 2.33. The second-order valence-corrected chi connectivity index (χ2v) is 5.37. The third kappa shape index (κ3) is 2.75. The van der Waals surface area contributed by atoms with Crippen LogP contribution < -0.4 is 5.32 Å². The summed E-state index contributed by atoms with van der Waals surface area (Å²) in [6, 6.07) is 5.35. The number of halogens is 1. The summed E-state index contributed by atoms with van der Waals surface area (Å²) in [4.78, 5) is 0. The van der Waals surface area contributed by atoms with Crippen molar-refractivity contribution in [3.63, 3.8) is 0 Å². The van der Waals surface area contributed by atoms with Gasteiger partial charge in [0.25, 0.3) is 0 Å². The first-order chi connectivity index (χ1) is 7.59. The quantitative estimate of drug-likeness (QED) is 0.795. The second-order valence-electron chi connectivity index (χ2n) is 4.45. The smallest absolute Gasteiger partial charge is 0.120 e. The van der Waals surface area contributed by atoms with Crippen molar-refractivity contribution in [2.45, 2.75) is 31.4 Å². The number of aliphatic hydroxyl groups is 1. The lowest BCUT2D eigenvalue weighted by atomic mass is 9.80. The van der Waals surface area contributed by atoms with E-state index in [0.717, 1.165) is 29.3 Å². The van der Waals surface area contributed by atoms with Crippen LogP contribution in [0.15, 0.2) is 22.7 Å². The summed E-state index contributed by atoms with van der Waals surface area (Å²) < 4.78 is 0.949. The Hall–Kier alpha value is -0.580. The molecule has 0 saturated heterocycles. The molecule has 0 atom stereocenters. The monoisotopic (exact) mass is 285 g/mol. The Kier molecular flexibility index (Phi) is 3.52. The fourth-order valence-corrected chi connectivity index (χ4v) is 2.30. The molecule has 1 aromatic rings. The fraction of sp³-hybridized carbons (Fsp3) is 0.500. The Labute approximate surface area is 104 Å². The molecule has 1 aliphatic carbocycles. The van der Waals surface area contributed by atoms with Crippen LogP contribution in [0.1, 0.15) is 24.8 Å². The minimum atomic E-state index is -0.512. The second kappa shape index (κ2) is 4.73. The van der Waals surface area contributed by atoms with E-state index in [1.54, 1.807) is 12.1 Å². The van der Waals surface area contributed by atoms with Crippen LogP contribution in [0.3, 0.4) is 0 Å². The lowest BCUT2D eigenvalue weighted by Gasteiger charge is -2.36. The number of phenolic OH excluding ortho intramolecular Hbond substituents is 1. The van der Waals surface area contributed by atoms with E-state index in [0.29, 0.717) is 13.1 Å². The molecule has 16 heavy (non-hydrogen) atoms. The Bertz CT molecular complexity index is 377. The highest BCUT2D eigenvalue weighted by molar-refractivity contribution is 9.10. The van der Waals surface area contributed by atoms with Crippen LogP contribution in [0.5, 0.6) is 5.75 Å². The molecule has 1 fully saturated rings. The largest absolute Gasteiger partial charge is 0.508 e. The van der Waals surface area contributed by atoms with Crippen LogP contribution in [-0.2, 0) is 6.54 Å². The van der Waals surface area contributed by atoms with Crippen molar-refractivity contribution in [3.8, 4) is 5.75 Å². The number of aromatic hydroxyl groups is 1. The minimum absolute atomic E-state index is 0.288. The summed E-state index contributed by atoms with van der Waals surface area (Å²) in [6.45, 7) is 1.17. The Morgan fingerprint density at radius 3 is 2.75 bits per heavy atom. The van der Waals surface area contributed by atoms with Gasteiger partial charge in [0.15, 0.2) is 0 Å². The molecule has 1 aromatic carbocycles. The molecule has 1 saturated carbocycles. The molecule has 0 heterocycles. The highest BCUT2D eigenvalue weighted by Crippen LogP contribution is 2.30. The topological polar surface area (TPSA) is 52.5 Å². The zero-order valence-electron chi connectivity index (χ0n) is 9.04. The van der Waals surface area contributed by atoms with E-state index in [1.807, 2.05) is 6.07 Å². The Morgan fingerprint density at radius 1 is 1.38 bits per heavy atom. The third-order valence-electron chi connectivity index (χ3n) is 3.10. The lowest BCUT2D eigenvalue weighted by molar-refractivity contribution is -0.0315. The molecule has 0 amide bonds. The molecule has 0 aliphatic heterocycles. The summed E-state index contributed by atoms with van der Waals surface area (Å²) in [7, 11) is 0. The van der Waals surface area contributed by atoms with Crippen LogP contribution in [0.25, 0.3) is 0 Å². The van der Waals surface area contributed by atoms with E-state index in [-0.39, 0.29) is 5.75 Å². The molecule has 3 N–H and O–H groups in total. The highest BCUT2D eigenvalue weighted by atomic mass is 79.9. The van der Waals surface area contributed by atoms with Gasteiger partial charge in [0, 0.05) is 23.1 Å².